The first-order valence-corrected chi connectivity index (χ1v) is 10.8. The van der Waals surface area contributed by atoms with E-state index in [1.54, 1.807) is 0 Å². The summed E-state index contributed by atoms with van der Waals surface area (Å²) in [4.78, 5) is 2.27. The fourth-order valence-electron chi connectivity index (χ4n) is 3.00. The minimum absolute atomic E-state index is 0.164. The Balaban J connectivity index is 1.87. The molecule has 144 valence electrons. The molecule has 0 saturated heterocycles. The smallest absolute Gasteiger partial charge is 0.157 e. The molecule has 0 aliphatic rings. The molecular weight excluding hydrogens is 362 g/mol. The van der Waals surface area contributed by atoms with Crippen LogP contribution in [-0.2, 0) is 9.47 Å². The predicted octanol–water partition coefficient (Wildman–Crippen LogP) is 5.15. The highest BCUT2D eigenvalue weighted by Crippen LogP contribution is 2.33. The van der Waals surface area contributed by atoms with Crippen molar-refractivity contribution in [2.24, 2.45) is 0 Å². The predicted molar refractivity (Wildman–Crippen MR) is 118 cm³/mol. The van der Waals surface area contributed by atoms with Crippen molar-refractivity contribution in [2.75, 3.05) is 18.1 Å². The summed E-state index contributed by atoms with van der Waals surface area (Å²) in [5.41, 5.74) is 4.68. The third kappa shape index (κ3) is 5.32. The van der Waals surface area contributed by atoms with Crippen molar-refractivity contribution in [2.45, 2.75) is 26.7 Å². The maximum atomic E-state index is 5.69. The first kappa shape index (κ1) is 20.3. The van der Waals surface area contributed by atoms with Crippen LogP contribution in [0.25, 0.3) is 0 Å². The highest BCUT2D eigenvalue weighted by molar-refractivity contribution is 6.54. The van der Waals surface area contributed by atoms with Crippen LogP contribution in [0.2, 0.25) is 0 Å². The number of anilines is 3. The Morgan fingerprint density at radius 2 is 1.21 bits per heavy atom. The molecule has 0 bridgehead atoms. The number of rotatable bonds is 9. The van der Waals surface area contributed by atoms with Crippen molar-refractivity contribution in [3.05, 3.63) is 84.4 Å². The molecule has 4 heteroatoms. The third-order valence-corrected chi connectivity index (χ3v) is 5.59. The van der Waals surface area contributed by atoms with E-state index < -0.39 is 0 Å². The van der Waals surface area contributed by atoms with Crippen molar-refractivity contribution in [3.8, 4) is 0 Å². The van der Waals surface area contributed by atoms with Crippen LogP contribution in [0.4, 0.5) is 17.1 Å². The van der Waals surface area contributed by atoms with E-state index in [-0.39, 0.29) is 5.91 Å². The monoisotopic (exact) mass is 389 g/mol. The Bertz CT molecular complexity index is 829. The molecule has 0 amide bonds. The Hall–Kier alpha value is -2.40. The van der Waals surface area contributed by atoms with Crippen molar-refractivity contribution in [3.63, 3.8) is 0 Å². The van der Waals surface area contributed by atoms with E-state index in [0.717, 1.165) is 17.1 Å². The highest BCUT2D eigenvalue weighted by Gasteiger charge is 2.14. The molecule has 0 atom stereocenters. The number of benzene rings is 3. The molecule has 0 unspecified atom stereocenters. The molecule has 2 radical (unpaired) electrons. The molecule has 28 heavy (non-hydrogen) atoms. The van der Waals surface area contributed by atoms with Gasteiger partial charge in [0.05, 0.1) is 0 Å². The van der Waals surface area contributed by atoms with E-state index >= 15 is 0 Å². The van der Waals surface area contributed by atoms with Gasteiger partial charge in [0.2, 0.25) is 0 Å². The standard InChI is InChI=1S/C24H27NO2Si/c1-4-26-24(27-5-2)28-23-17-15-22(16-18-23)25(20-9-7-6-8-10-20)21-13-11-19(3)12-14-21/h6-18,24H,4-5H2,1-3H3. The minimum atomic E-state index is -0.164. The van der Waals surface area contributed by atoms with Crippen LogP contribution in [0.15, 0.2) is 78.9 Å². The van der Waals surface area contributed by atoms with Crippen LogP contribution in [0.5, 0.6) is 0 Å². The second-order valence-electron chi connectivity index (χ2n) is 6.44. The van der Waals surface area contributed by atoms with Crippen LogP contribution in [0, 0.1) is 6.92 Å². The van der Waals surface area contributed by atoms with Gasteiger partial charge in [-0.15, -0.1) is 0 Å². The fraction of sp³-hybridized carbons (Fsp3) is 0.250. The fourth-order valence-corrected chi connectivity index (χ4v) is 4.13. The zero-order chi connectivity index (χ0) is 19.8. The molecule has 0 saturated carbocycles. The van der Waals surface area contributed by atoms with Gasteiger partial charge < -0.3 is 14.4 Å². The van der Waals surface area contributed by atoms with Crippen molar-refractivity contribution >= 4 is 31.8 Å². The Morgan fingerprint density at radius 3 is 1.75 bits per heavy atom. The molecule has 3 aromatic carbocycles. The van der Waals surface area contributed by atoms with Crippen LogP contribution in [-0.4, -0.2) is 28.6 Å². The maximum absolute atomic E-state index is 5.69. The van der Waals surface area contributed by atoms with Crippen LogP contribution < -0.4 is 10.1 Å². The SMILES string of the molecule is CCOC(OCC)[Si]c1ccc(N(c2ccccc2)c2ccc(C)cc2)cc1. The van der Waals surface area contributed by atoms with Gasteiger partial charge in [-0.05, 0) is 57.2 Å². The van der Waals surface area contributed by atoms with E-state index in [9.17, 15) is 0 Å². The number of para-hydroxylation sites is 1. The highest BCUT2D eigenvalue weighted by atomic mass is 28.2. The van der Waals surface area contributed by atoms with Crippen LogP contribution >= 0.6 is 0 Å². The Kier molecular flexibility index (Phi) is 7.43. The number of aryl methyl sites for hydroxylation is 1. The van der Waals surface area contributed by atoms with Gasteiger partial charge in [-0.2, -0.15) is 0 Å². The molecule has 0 aliphatic carbocycles. The summed E-state index contributed by atoms with van der Waals surface area (Å²) >= 11 is 0. The summed E-state index contributed by atoms with van der Waals surface area (Å²) < 4.78 is 11.4. The molecule has 3 rings (SSSR count). The first-order chi connectivity index (χ1) is 13.7. The van der Waals surface area contributed by atoms with Gasteiger partial charge in [-0.3, -0.25) is 0 Å². The second-order valence-corrected chi connectivity index (χ2v) is 7.78. The largest absolute Gasteiger partial charge is 0.357 e. The minimum Gasteiger partial charge on any atom is -0.357 e. The normalized spacial score (nSPS) is 11.0. The molecule has 3 nitrogen and oxygen atoms in total. The van der Waals surface area contributed by atoms with Gasteiger partial charge in [0.25, 0.3) is 0 Å². The average Bonchev–Trinajstić information content (AvgIpc) is 2.72. The van der Waals surface area contributed by atoms with Crippen LogP contribution in [0.1, 0.15) is 19.4 Å². The number of hydrogen-bond donors (Lipinski definition) is 0. The van der Waals surface area contributed by atoms with E-state index in [1.807, 2.05) is 19.9 Å². The lowest BCUT2D eigenvalue weighted by Crippen LogP contribution is -2.33. The lowest BCUT2D eigenvalue weighted by molar-refractivity contribution is -0.0817. The van der Waals surface area contributed by atoms with E-state index in [4.69, 9.17) is 9.47 Å². The van der Waals surface area contributed by atoms with Gasteiger partial charge in [0, 0.05) is 30.3 Å². The zero-order valence-electron chi connectivity index (χ0n) is 16.8. The molecular formula is C24H27NO2Si. The summed E-state index contributed by atoms with van der Waals surface area (Å²) in [5.74, 6) is -0.164. The number of ether oxygens (including phenoxy) is 2. The van der Waals surface area contributed by atoms with E-state index in [0.29, 0.717) is 22.7 Å². The topological polar surface area (TPSA) is 21.7 Å². The molecule has 0 spiro atoms. The summed E-state index contributed by atoms with van der Waals surface area (Å²) in [6.07, 6.45) is 0. The molecule has 0 heterocycles. The van der Waals surface area contributed by atoms with Gasteiger partial charge in [-0.25, -0.2) is 0 Å². The van der Waals surface area contributed by atoms with Gasteiger partial charge >= 0.3 is 0 Å². The lowest BCUT2D eigenvalue weighted by Gasteiger charge is -2.26. The number of hydrogen-bond acceptors (Lipinski definition) is 3. The van der Waals surface area contributed by atoms with Crippen molar-refractivity contribution < 1.29 is 9.47 Å². The summed E-state index contributed by atoms with van der Waals surface area (Å²) in [7, 11) is 0.467. The van der Waals surface area contributed by atoms with E-state index in [1.165, 1.54) is 10.8 Å². The van der Waals surface area contributed by atoms with Crippen molar-refractivity contribution in [1.82, 2.24) is 0 Å². The molecule has 3 aromatic rings. The Labute approximate surface area is 170 Å². The Morgan fingerprint density at radius 1 is 0.714 bits per heavy atom. The quantitative estimate of drug-likeness (QED) is 0.373. The van der Waals surface area contributed by atoms with Gasteiger partial charge in [0.1, 0.15) is 5.91 Å². The summed E-state index contributed by atoms with van der Waals surface area (Å²) in [6, 6.07) is 27.8. The van der Waals surface area contributed by atoms with Crippen molar-refractivity contribution in [1.29, 1.82) is 0 Å². The third-order valence-electron chi connectivity index (χ3n) is 4.35. The van der Waals surface area contributed by atoms with Gasteiger partial charge in [-0.1, -0.05) is 53.2 Å². The first-order valence-electron chi connectivity index (χ1n) is 9.73. The average molecular weight is 390 g/mol. The molecule has 0 fully saturated rings. The second kappa shape index (κ2) is 10.2. The molecule has 0 N–H and O–H groups in total. The summed E-state index contributed by atoms with van der Waals surface area (Å²) in [6.45, 7) is 7.42. The maximum Gasteiger partial charge on any atom is 0.157 e. The molecule has 0 aromatic heterocycles. The van der Waals surface area contributed by atoms with E-state index in [2.05, 4.69) is 84.6 Å². The van der Waals surface area contributed by atoms with Crippen LogP contribution in [0.3, 0.4) is 0 Å². The summed E-state index contributed by atoms with van der Waals surface area (Å²) in [5, 5.41) is 1.23. The number of nitrogens with zero attached hydrogens (tertiary/aromatic N) is 1. The lowest BCUT2D eigenvalue weighted by atomic mass is 10.1. The zero-order valence-corrected chi connectivity index (χ0v) is 17.8. The van der Waals surface area contributed by atoms with Gasteiger partial charge in [0.15, 0.2) is 9.52 Å². The molecule has 0 aliphatic heterocycles.